The van der Waals surface area contributed by atoms with E-state index in [1.54, 1.807) is 19.2 Å². The van der Waals surface area contributed by atoms with E-state index in [9.17, 15) is 4.39 Å². The van der Waals surface area contributed by atoms with Crippen LogP contribution in [0.15, 0.2) is 52.3 Å². The quantitative estimate of drug-likeness (QED) is 0.917. The summed E-state index contributed by atoms with van der Waals surface area (Å²) in [4.78, 5) is 1.50. The van der Waals surface area contributed by atoms with Crippen LogP contribution in [0.25, 0.3) is 0 Å². The minimum atomic E-state index is -0.231. The second-order valence-corrected chi connectivity index (χ2v) is 5.28. The van der Waals surface area contributed by atoms with Crippen LogP contribution in [-0.4, -0.2) is 7.11 Å². The van der Waals surface area contributed by atoms with Crippen LogP contribution in [0.3, 0.4) is 0 Å². The second kappa shape index (κ2) is 6.08. The zero-order chi connectivity index (χ0) is 13.8. The Hall–Kier alpha value is -1.52. The van der Waals surface area contributed by atoms with Crippen LogP contribution >= 0.6 is 11.8 Å². The Morgan fingerprint density at radius 2 is 1.79 bits per heavy atom. The molecular weight excluding hydrogens is 261 g/mol. The molecule has 0 spiro atoms. The van der Waals surface area contributed by atoms with Crippen LogP contribution < -0.4 is 10.5 Å². The summed E-state index contributed by atoms with van der Waals surface area (Å²) in [6, 6.07) is 12.2. The van der Waals surface area contributed by atoms with Crippen molar-refractivity contribution in [3.63, 3.8) is 0 Å². The van der Waals surface area contributed by atoms with Crippen LogP contribution in [0.1, 0.15) is 18.5 Å². The van der Waals surface area contributed by atoms with E-state index in [-0.39, 0.29) is 11.9 Å². The lowest BCUT2D eigenvalue weighted by Crippen LogP contribution is -2.08. The third-order valence-electron chi connectivity index (χ3n) is 2.76. The number of halogens is 1. The van der Waals surface area contributed by atoms with Gasteiger partial charge in [0.1, 0.15) is 11.6 Å². The summed E-state index contributed by atoms with van der Waals surface area (Å²) < 4.78 is 19.0. The van der Waals surface area contributed by atoms with Gasteiger partial charge in [0, 0.05) is 21.4 Å². The van der Waals surface area contributed by atoms with Gasteiger partial charge in [-0.15, -0.1) is 0 Å². The van der Waals surface area contributed by atoms with Gasteiger partial charge in [-0.25, -0.2) is 4.39 Å². The molecule has 2 rings (SSSR count). The van der Waals surface area contributed by atoms with Crippen molar-refractivity contribution < 1.29 is 9.13 Å². The maximum absolute atomic E-state index is 13.7. The highest BCUT2D eigenvalue weighted by molar-refractivity contribution is 7.99. The number of hydrogen-bond donors (Lipinski definition) is 1. The van der Waals surface area contributed by atoms with Crippen LogP contribution in [0, 0.1) is 5.82 Å². The normalized spacial score (nSPS) is 12.2. The molecule has 0 heterocycles. The van der Waals surface area contributed by atoms with Gasteiger partial charge in [0.05, 0.1) is 7.11 Å². The molecule has 0 aliphatic heterocycles. The van der Waals surface area contributed by atoms with E-state index in [4.69, 9.17) is 10.5 Å². The third-order valence-corrected chi connectivity index (χ3v) is 3.88. The Morgan fingerprint density at radius 1 is 1.11 bits per heavy atom. The predicted molar refractivity (Wildman–Crippen MR) is 76.1 cm³/mol. The average molecular weight is 277 g/mol. The predicted octanol–water partition coefficient (Wildman–Crippen LogP) is 4.01. The maximum atomic E-state index is 13.7. The zero-order valence-electron chi connectivity index (χ0n) is 10.9. The maximum Gasteiger partial charge on any atom is 0.137 e. The highest BCUT2D eigenvalue weighted by Gasteiger charge is 2.15. The van der Waals surface area contributed by atoms with Gasteiger partial charge in [0.15, 0.2) is 0 Å². The molecule has 0 saturated heterocycles. The molecule has 0 bridgehead atoms. The number of methoxy groups -OCH3 is 1. The monoisotopic (exact) mass is 277 g/mol. The van der Waals surface area contributed by atoms with Gasteiger partial charge in [-0.05, 0) is 31.2 Å². The number of nitrogens with two attached hydrogens (primary N) is 1. The highest BCUT2D eigenvalue weighted by atomic mass is 32.2. The molecule has 0 radical (unpaired) electrons. The van der Waals surface area contributed by atoms with Crippen molar-refractivity contribution in [3.05, 3.63) is 53.8 Å². The third kappa shape index (κ3) is 3.08. The molecular formula is C15H16FNOS. The van der Waals surface area contributed by atoms with E-state index >= 15 is 0 Å². The van der Waals surface area contributed by atoms with Crippen molar-refractivity contribution in [1.82, 2.24) is 0 Å². The van der Waals surface area contributed by atoms with Gasteiger partial charge in [-0.3, -0.25) is 0 Å². The Labute approximate surface area is 116 Å². The van der Waals surface area contributed by atoms with E-state index in [2.05, 4.69) is 0 Å². The fourth-order valence-electron chi connectivity index (χ4n) is 1.89. The van der Waals surface area contributed by atoms with Gasteiger partial charge < -0.3 is 10.5 Å². The first kappa shape index (κ1) is 13.9. The first-order valence-electron chi connectivity index (χ1n) is 5.98. The molecule has 2 aromatic rings. The summed E-state index contributed by atoms with van der Waals surface area (Å²) >= 11 is 1.36. The molecule has 2 aromatic carbocycles. The average Bonchev–Trinajstić information content (AvgIpc) is 2.40. The Balaban J connectivity index is 2.43. The molecule has 0 amide bonds. The molecule has 2 N–H and O–H groups in total. The lowest BCUT2D eigenvalue weighted by Gasteiger charge is -2.16. The smallest absolute Gasteiger partial charge is 0.137 e. The van der Waals surface area contributed by atoms with Crippen LogP contribution in [0.2, 0.25) is 0 Å². The van der Waals surface area contributed by atoms with Crippen molar-refractivity contribution in [1.29, 1.82) is 0 Å². The fraction of sp³-hybridized carbons (Fsp3) is 0.200. The minimum absolute atomic E-state index is 0.176. The first-order chi connectivity index (χ1) is 9.13. The molecule has 0 saturated carbocycles. The zero-order valence-corrected chi connectivity index (χ0v) is 11.7. The Morgan fingerprint density at radius 3 is 2.42 bits per heavy atom. The molecule has 0 unspecified atom stereocenters. The van der Waals surface area contributed by atoms with Crippen LogP contribution in [0.4, 0.5) is 4.39 Å². The van der Waals surface area contributed by atoms with Crippen molar-refractivity contribution in [2.75, 3.05) is 7.11 Å². The van der Waals surface area contributed by atoms with Gasteiger partial charge in [0.25, 0.3) is 0 Å². The minimum Gasteiger partial charge on any atom is -0.496 e. The largest absolute Gasteiger partial charge is 0.496 e. The second-order valence-electron chi connectivity index (χ2n) is 4.19. The summed E-state index contributed by atoms with van der Waals surface area (Å²) in [6.45, 7) is 1.89. The molecule has 1 atom stereocenters. The highest BCUT2D eigenvalue weighted by Crippen LogP contribution is 2.38. The molecule has 19 heavy (non-hydrogen) atoms. The topological polar surface area (TPSA) is 35.2 Å². The fourth-order valence-corrected chi connectivity index (χ4v) is 2.98. The SMILES string of the molecule is COc1cccc(Sc2ccccc2F)c1[C@H](C)N. The first-order valence-corrected chi connectivity index (χ1v) is 6.80. The molecule has 2 nitrogen and oxygen atoms in total. The molecule has 0 aromatic heterocycles. The van der Waals surface area contributed by atoms with Crippen molar-refractivity contribution in [2.24, 2.45) is 5.73 Å². The van der Waals surface area contributed by atoms with Crippen molar-refractivity contribution in [2.45, 2.75) is 22.8 Å². The summed E-state index contributed by atoms with van der Waals surface area (Å²) in [7, 11) is 1.61. The standard InChI is InChI=1S/C15H16FNOS/c1-10(17)15-12(18-2)7-5-9-14(15)19-13-8-4-3-6-11(13)16/h3-10H,17H2,1-2H3/t10-/m0/s1. The lowest BCUT2D eigenvalue weighted by molar-refractivity contribution is 0.405. The summed E-state index contributed by atoms with van der Waals surface area (Å²) in [5, 5.41) is 0. The molecule has 0 aliphatic rings. The van der Waals surface area contributed by atoms with E-state index in [1.807, 2.05) is 31.2 Å². The van der Waals surface area contributed by atoms with E-state index in [0.717, 1.165) is 16.2 Å². The number of hydrogen-bond acceptors (Lipinski definition) is 3. The number of ether oxygens (including phenoxy) is 1. The Bertz CT molecular complexity index is 572. The van der Waals surface area contributed by atoms with E-state index in [1.165, 1.54) is 17.8 Å². The van der Waals surface area contributed by atoms with E-state index < -0.39 is 0 Å². The van der Waals surface area contributed by atoms with Crippen molar-refractivity contribution >= 4 is 11.8 Å². The lowest BCUT2D eigenvalue weighted by atomic mass is 10.1. The Kier molecular flexibility index (Phi) is 4.45. The molecule has 0 aliphatic carbocycles. The van der Waals surface area contributed by atoms with Gasteiger partial charge in [-0.1, -0.05) is 30.0 Å². The summed E-state index contributed by atoms with van der Waals surface area (Å²) in [6.07, 6.45) is 0. The van der Waals surface area contributed by atoms with E-state index in [0.29, 0.717) is 4.90 Å². The number of benzene rings is 2. The summed E-state index contributed by atoms with van der Waals surface area (Å²) in [5.74, 6) is 0.502. The van der Waals surface area contributed by atoms with Gasteiger partial charge >= 0.3 is 0 Å². The van der Waals surface area contributed by atoms with Gasteiger partial charge in [-0.2, -0.15) is 0 Å². The molecule has 100 valence electrons. The molecule has 0 fully saturated rings. The molecule has 4 heteroatoms. The van der Waals surface area contributed by atoms with Crippen LogP contribution in [-0.2, 0) is 0 Å². The summed E-state index contributed by atoms with van der Waals surface area (Å²) in [5.41, 5.74) is 6.90. The van der Waals surface area contributed by atoms with Crippen molar-refractivity contribution in [3.8, 4) is 5.75 Å². The van der Waals surface area contributed by atoms with Crippen LogP contribution in [0.5, 0.6) is 5.75 Å². The van der Waals surface area contributed by atoms with Gasteiger partial charge in [0.2, 0.25) is 0 Å². The number of rotatable bonds is 4.